The van der Waals surface area contributed by atoms with E-state index in [2.05, 4.69) is 15.1 Å². The minimum absolute atomic E-state index is 0.285. The highest BCUT2D eigenvalue weighted by Gasteiger charge is 2.14. The first-order valence-corrected chi connectivity index (χ1v) is 8.58. The molecule has 27 heavy (non-hydrogen) atoms. The van der Waals surface area contributed by atoms with Crippen LogP contribution < -0.4 is 11.1 Å². The van der Waals surface area contributed by atoms with E-state index in [1.807, 2.05) is 13.8 Å². The summed E-state index contributed by atoms with van der Waals surface area (Å²) < 4.78 is 14.5. The maximum Gasteiger partial charge on any atom is 0.273 e. The van der Waals surface area contributed by atoms with Gasteiger partial charge in [-0.3, -0.25) is 14.7 Å². The summed E-state index contributed by atoms with van der Waals surface area (Å²) in [6.45, 7) is 3.87. The van der Waals surface area contributed by atoms with Crippen LogP contribution in [0.1, 0.15) is 18.2 Å². The van der Waals surface area contributed by atoms with Crippen molar-refractivity contribution < 1.29 is 4.39 Å². The van der Waals surface area contributed by atoms with Gasteiger partial charge in [0.15, 0.2) is 5.65 Å². The number of rotatable bonds is 3. The molecule has 3 aromatic heterocycles. The molecule has 0 amide bonds. The number of H-pyrrole nitrogens is 2. The lowest BCUT2D eigenvalue weighted by molar-refractivity contribution is 0.628. The number of nitrogens with zero attached hydrogens (tertiary/aromatic N) is 2. The summed E-state index contributed by atoms with van der Waals surface area (Å²) in [6, 6.07) is 9.00. The highest BCUT2D eigenvalue weighted by molar-refractivity contribution is 5.78. The van der Waals surface area contributed by atoms with Crippen LogP contribution in [0.15, 0.2) is 52.2 Å². The Morgan fingerprint density at radius 1 is 1.11 bits per heavy atom. The lowest BCUT2D eigenvalue weighted by Gasteiger charge is -2.07. The van der Waals surface area contributed by atoms with E-state index in [1.54, 1.807) is 24.4 Å². The summed E-state index contributed by atoms with van der Waals surface area (Å²) in [6.07, 6.45) is 2.35. The zero-order chi connectivity index (χ0) is 19.1. The molecule has 0 saturated carbocycles. The van der Waals surface area contributed by atoms with Crippen molar-refractivity contribution in [3.8, 4) is 22.4 Å². The second kappa shape index (κ2) is 6.35. The van der Waals surface area contributed by atoms with Crippen molar-refractivity contribution in [1.29, 1.82) is 0 Å². The molecule has 6 nitrogen and oxygen atoms in total. The van der Waals surface area contributed by atoms with E-state index in [9.17, 15) is 14.0 Å². The van der Waals surface area contributed by atoms with E-state index in [0.29, 0.717) is 34.5 Å². The zero-order valence-electron chi connectivity index (χ0n) is 14.8. The molecule has 1 aromatic carbocycles. The second-order valence-corrected chi connectivity index (χ2v) is 6.36. The van der Waals surface area contributed by atoms with Gasteiger partial charge in [0.25, 0.3) is 11.1 Å². The number of aromatic nitrogens is 4. The maximum absolute atomic E-state index is 13.2. The highest BCUT2D eigenvalue weighted by Crippen LogP contribution is 2.24. The third-order valence-corrected chi connectivity index (χ3v) is 4.63. The first-order valence-electron chi connectivity index (χ1n) is 8.58. The predicted molar refractivity (Wildman–Crippen MR) is 101 cm³/mol. The van der Waals surface area contributed by atoms with Gasteiger partial charge >= 0.3 is 0 Å². The molecule has 2 N–H and O–H groups in total. The minimum Gasteiger partial charge on any atom is -0.325 e. The molecule has 0 saturated heterocycles. The van der Waals surface area contributed by atoms with Crippen molar-refractivity contribution in [3.05, 3.63) is 80.4 Å². The number of hydrogen-bond acceptors (Lipinski definition) is 3. The fourth-order valence-corrected chi connectivity index (χ4v) is 3.19. The molecule has 136 valence electrons. The molecule has 0 bridgehead atoms. The lowest BCUT2D eigenvalue weighted by Crippen LogP contribution is -2.18. The van der Waals surface area contributed by atoms with E-state index in [0.717, 1.165) is 11.3 Å². The van der Waals surface area contributed by atoms with Gasteiger partial charge in [-0.1, -0.05) is 19.1 Å². The van der Waals surface area contributed by atoms with Gasteiger partial charge in [-0.15, -0.1) is 0 Å². The number of nitrogens with one attached hydrogen (secondary N) is 2. The Morgan fingerprint density at radius 3 is 2.56 bits per heavy atom. The van der Waals surface area contributed by atoms with Crippen LogP contribution in [0.3, 0.4) is 0 Å². The van der Waals surface area contributed by atoms with Gasteiger partial charge in [0.1, 0.15) is 5.82 Å². The van der Waals surface area contributed by atoms with Gasteiger partial charge in [-0.25, -0.2) is 13.9 Å². The fraction of sp³-hybridized carbons (Fsp3) is 0.150. The van der Waals surface area contributed by atoms with Crippen molar-refractivity contribution in [3.63, 3.8) is 0 Å². The molecule has 4 aromatic rings. The standard InChI is InChI=1S/C20H17FN4O2/c1-3-16-11(2)8-14(20(27)24-16)17-9-18(26)25-19(23-17)15(10-22-25)12-4-6-13(21)7-5-12/h4-10,22H,3H2,1-2H3,(H,24,27). The molecule has 0 aliphatic carbocycles. The molecule has 0 radical (unpaired) electrons. The normalized spacial score (nSPS) is 11.2. The summed E-state index contributed by atoms with van der Waals surface area (Å²) >= 11 is 0. The summed E-state index contributed by atoms with van der Waals surface area (Å²) in [5, 5.41) is 2.85. The molecule has 0 fully saturated rings. The second-order valence-electron chi connectivity index (χ2n) is 6.36. The van der Waals surface area contributed by atoms with E-state index in [1.165, 1.54) is 22.7 Å². The summed E-state index contributed by atoms with van der Waals surface area (Å²) in [5.74, 6) is -0.345. The summed E-state index contributed by atoms with van der Waals surface area (Å²) in [4.78, 5) is 32.4. The van der Waals surface area contributed by atoms with Crippen LogP contribution in [0.4, 0.5) is 4.39 Å². The minimum atomic E-state index is -0.345. The van der Waals surface area contributed by atoms with Crippen LogP contribution in [0.2, 0.25) is 0 Å². The van der Waals surface area contributed by atoms with E-state index in [-0.39, 0.29) is 16.9 Å². The molecule has 4 rings (SSSR count). The Kier molecular flexibility index (Phi) is 3.99. The topological polar surface area (TPSA) is 83.0 Å². The van der Waals surface area contributed by atoms with Crippen LogP contribution in [-0.4, -0.2) is 19.6 Å². The van der Waals surface area contributed by atoms with E-state index in [4.69, 9.17) is 0 Å². The highest BCUT2D eigenvalue weighted by atomic mass is 19.1. The number of hydrogen-bond donors (Lipinski definition) is 2. The predicted octanol–water partition coefficient (Wildman–Crippen LogP) is 3.05. The monoisotopic (exact) mass is 364 g/mol. The number of fused-ring (bicyclic) bond motifs is 1. The van der Waals surface area contributed by atoms with Crippen molar-refractivity contribution in [1.82, 2.24) is 19.6 Å². The Bertz CT molecular complexity index is 1270. The Balaban J connectivity index is 1.95. The molecular weight excluding hydrogens is 347 g/mol. The number of aromatic amines is 2. The van der Waals surface area contributed by atoms with Gasteiger partial charge in [0.05, 0.1) is 11.3 Å². The fourth-order valence-electron chi connectivity index (χ4n) is 3.19. The lowest BCUT2D eigenvalue weighted by atomic mass is 10.1. The van der Waals surface area contributed by atoms with Gasteiger partial charge in [0, 0.05) is 23.5 Å². The van der Waals surface area contributed by atoms with Gasteiger partial charge in [0.2, 0.25) is 0 Å². The Labute approximate surface area is 153 Å². The summed E-state index contributed by atoms with van der Waals surface area (Å²) in [7, 11) is 0. The van der Waals surface area contributed by atoms with Crippen LogP contribution >= 0.6 is 0 Å². The van der Waals surface area contributed by atoms with E-state index < -0.39 is 0 Å². The van der Waals surface area contributed by atoms with Crippen LogP contribution in [-0.2, 0) is 6.42 Å². The van der Waals surface area contributed by atoms with Crippen molar-refractivity contribution in [2.75, 3.05) is 0 Å². The first-order chi connectivity index (χ1) is 13.0. The Hall–Kier alpha value is -3.48. The first kappa shape index (κ1) is 17.0. The molecule has 0 aliphatic heterocycles. The van der Waals surface area contributed by atoms with Gasteiger partial charge in [-0.2, -0.15) is 0 Å². The molecule has 0 unspecified atom stereocenters. The molecule has 7 heteroatoms. The molecule has 3 heterocycles. The maximum atomic E-state index is 13.2. The number of aryl methyl sites for hydroxylation is 2. The molecule has 0 atom stereocenters. The van der Waals surface area contributed by atoms with Gasteiger partial charge in [-0.05, 0) is 42.7 Å². The quantitative estimate of drug-likeness (QED) is 0.586. The van der Waals surface area contributed by atoms with E-state index >= 15 is 0 Å². The summed E-state index contributed by atoms with van der Waals surface area (Å²) in [5.41, 5.74) is 3.55. The third kappa shape index (κ3) is 2.87. The largest absolute Gasteiger partial charge is 0.325 e. The Morgan fingerprint density at radius 2 is 1.85 bits per heavy atom. The van der Waals surface area contributed by atoms with Crippen molar-refractivity contribution in [2.24, 2.45) is 0 Å². The SMILES string of the molecule is CCc1[nH]c(=O)c(-c2cc(=O)n3[nH]cc(-c4ccc(F)cc4)c3n2)cc1C. The number of halogens is 1. The molecular formula is C20H17FN4O2. The molecule has 0 aliphatic rings. The third-order valence-electron chi connectivity index (χ3n) is 4.63. The van der Waals surface area contributed by atoms with Crippen molar-refractivity contribution in [2.45, 2.75) is 20.3 Å². The average molecular weight is 364 g/mol. The smallest absolute Gasteiger partial charge is 0.273 e. The molecule has 0 spiro atoms. The van der Waals surface area contributed by atoms with Crippen LogP contribution in [0.25, 0.3) is 28.0 Å². The zero-order valence-corrected chi connectivity index (χ0v) is 14.8. The average Bonchev–Trinajstić information content (AvgIpc) is 3.08. The number of benzene rings is 1. The van der Waals surface area contributed by atoms with Crippen LogP contribution in [0, 0.1) is 12.7 Å². The van der Waals surface area contributed by atoms with Gasteiger partial charge < -0.3 is 4.98 Å². The van der Waals surface area contributed by atoms with Crippen LogP contribution in [0.5, 0.6) is 0 Å². The van der Waals surface area contributed by atoms with Crippen molar-refractivity contribution >= 4 is 5.65 Å². The number of pyridine rings is 1.